The molecular weight excluding hydrogens is 374 g/mol. The standard InChI is InChI=1S/C13H13Br2N3O/c14-8-6-10(19-11(8)15)13-17-9-5-3-1-2-4-7(9)12(16)18-13/h6H,1-5H2,(H2,16,17,18). The van der Waals surface area contributed by atoms with E-state index in [0.29, 0.717) is 22.1 Å². The van der Waals surface area contributed by atoms with E-state index in [1.165, 1.54) is 6.42 Å². The Balaban J connectivity index is 2.08. The lowest BCUT2D eigenvalue weighted by molar-refractivity contribution is 0.549. The van der Waals surface area contributed by atoms with Crippen LogP contribution in [0.3, 0.4) is 0 Å². The summed E-state index contributed by atoms with van der Waals surface area (Å²) >= 11 is 6.71. The van der Waals surface area contributed by atoms with Crippen molar-refractivity contribution in [2.24, 2.45) is 0 Å². The highest BCUT2D eigenvalue weighted by molar-refractivity contribution is 9.13. The van der Waals surface area contributed by atoms with Gasteiger partial charge in [-0.25, -0.2) is 9.97 Å². The number of aryl methyl sites for hydroxylation is 1. The molecule has 0 radical (unpaired) electrons. The maximum absolute atomic E-state index is 6.08. The van der Waals surface area contributed by atoms with E-state index < -0.39 is 0 Å². The Kier molecular flexibility index (Phi) is 3.62. The van der Waals surface area contributed by atoms with Crippen LogP contribution in [0, 0.1) is 0 Å². The first-order chi connectivity index (χ1) is 9.15. The summed E-state index contributed by atoms with van der Waals surface area (Å²) in [6, 6.07) is 1.85. The largest absolute Gasteiger partial charge is 0.445 e. The molecule has 0 amide bonds. The van der Waals surface area contributed by atoms with E-state index in [0.717, 1.165) is 41.4 Å². The Hall–Kier alpha value is -0.880. The minimum Gasteiger partial charge on any atom is -0.445 e. The van der Waals surface area contributed by atoms with Crippen LogP contribution < -0.4 is 5.73 Å². The predicted molar refractivity (Wildman–Crippen MR) is 80.8 cm³/mol. The molecule has 3 rings (SSSR count). The van der Waals surface area contributed by atoms with Gasteiger partial charge < -0.3 is 10.2 Å². The third-order valence-electron chi connectivity index (χ3n) is 3.33. The Labute approximate surface area is 128 Å². The SMILES string of the molecule is Nc1nc(-c2cc(Br)c(Br)o2)nc2c1CCCCC2. The number of nitrogens with zero attached hydrogens (tertiary/aromatic N) is 2. The van der Waals surface area contributed by atoms with Gasteiger partial charge in [0, 0.05) is 17.3 Å². The first-order valence-corrected chi connectivity index (χ1v) is 7.84. The van der Waals surface area contributed by atoms with Crippen LogP contribution in [0.4, 0.5) is 5.82 Å². The zero-order valence-corrected chi connectivity index (χ0v) is 13.4. The fraction of sp³-hybridized carbons (Fsp3) is 0.385. The monoisotopic (exact) mass is 385 g/mol. The van der Waals surface area contributed by atoms with E-state index in [2.05, 4.69) is 41.8 Å². The summed E-state index contributed by atoms with van der Waals surface area (Å²) in [5, 5.41) is 0. The number of furan rings is 1. The lowest BCUT2D eigenvalue weighted by Gasteiger charge is -2.08. The summed E-state index contributed by atoms with van der Waals surface area (Å²) < 4.78 is 7.05. The van der Waals surface area contributed by atoms with Gasteiger partial charge in [0.2, 0.25) is 0 Å². The molecule has 1 aliphatic carbocycles. The summed E-state index contributed by atoms with van der Waals surface area (Å²) in [6.45, 7) is 0. The zero-order chi connectivity index (χ0) is 13.4. The van der Waals surface area contributed by atoms with Gasteiger partial charge in [-0.05, 0) is 57.5 Å². The Bertz CT molecular complexity index is 605. The first-order valence-electron chi connectivity index (χ1n) is 6.25. The van der Waals surface area contributed by atoms with Crippen LogP contribution in [0.25, 0.3) is 11.6 Å². The van der Waals surface area contributed by atoms with E-state index >= 15 is 0 Å². The van der Waals surface area contributed by atoms with Crippen LogP contribution >= 0.6 is 31.9 Å². The van der Waals surface area contributed by atoms with Gasteiger partial charge in [-0.3, -0.25) is 0 Å². The van der Waals surface area contributed by atoms with E-state index in [-0.39, 0.29) is 0 Å². The third kappa shape index (κ3) is 2.56. The van der Waals surface area contributed by atoms with Crippen molar-refractivity contribution in [1.82, 2.24) is 9.97 Å². The summed E-state index contributed by atoms with van der Waals surface area (Å²) in [7, 11) is 0. The summed E-state index contributed by atoms with van der Waals surface area (Å²) in [5.74, 6) is 1.77. The van der Waals surface area contributed by atoms with Gasteiger partial charge in [0.25, 0.3) is 0 Å². The molecule has 100 valence electrons. The van der Waals surface area contributed by atoms with Crippen molar-refractivity contribution >= 4 is 37.7 Å². The van der Waals surface area contributed by atoms with E-state index in [1.807, 2.05) is 6.07 Å². The Morgan fingerprint density at radius 2 is 1.89 bits per heavy atom. The van der Waals surface area contributed by atoms with Gasteiger partial charge in [0.1, 0.15) is 5.82 Å². The van der Waals surface area contributed by atoms with E-state index in [1.54, 1.807) is 0 Å². The van der Waals surface area contributed by atoms with Crippen molar-refractivity contribution in [3.05, 3.63) is 26.5 Å². The number of hydrogen-bond donors (Lipinski definition) is 1. The highest BCUT2D eigenvalue weighted by Gasteiger charge is 2.18. The number of nitrogen functional groups attached to an aromatic ring is 1. The maximum atomic E-state index is 6.08. The van der Waals surface area contributed by atoms with Crippen molar-refractivity contribution in [2.75, 3.05) is 5.73 Å². The Morgan fingerprint density at radius 3 is 2.63 bits per heavy atom. The van der Waals surface area contributed by atoms with Crippen molar-refractivity contribution in [3.63, 3.8) is 0 Å². The molecular formula is C13H13Br2N3O. The molecule has 0 atom stereocenters. The molecule has 2 aromatic rings. The van der Waals surface area contributed by atoms with Gasteiger partial charge in [-0.15, -0.1) is 0 Å². The van der Waals surface area contributed by atoms with E-state index in [9.17, 15) is 0 Å². The average Bonchev–Trinajstić information content (AvgIpc) is 2.61. The fourth-order valence-corrected chi connectivity index (χ4v) is 2.94. The number of hydrogen-bond acceptors (Lipinski definition) is 4. The molecule has 2 N–H and O–H groups in total. The van der Waals surface area contributed by atoms with Gasteiger partial charge in [-0.2, -0.15) is 0 Å². The molecule has 0 saturated carbocycles. The van der Waals surface area contributed by atoms with Crippen LogP contribution in [-0.2, 0) is 12.8 Å². The number of rotatable bonds is 1. The van der Waals surface area contributed by atoms with Crippen molar-refractivity contribution in [3.8, 4) is 11.6 Å². The topological polar surface area (TPSA) is 64.9 Å². The van der Waals surface area contributed by atoms with Gasteiger partial charge in [0.05, 0.1) is 4.47 Å². The molecule has 0 saturated heterocycles. The van der Waals surface area contributed by atoms with E-state index in [4.69, 9.17) is 10.2 Å². The normalized spacial score (nSPS) is 15.1. The van der Waals surface area contributed by atoms with Gasteiger partial charge >= 0.3 is 0 Å². The van der Waals surface area contributed by atoms with Gasteiger partial charge in [-0.1, -0.05) is 6.42 Å². The lowest BCUT2D eigenvalue weighted by atomic mass is 10.1. The molecule has 2 heterocycles. The number of aromatic nitrogens is 2. The molecule has 0 bridgehead atoms. The molecule has 0 unspecified atom stereocenters. The third-order valence-corrected chi connectivity index (χ3v) is 5.04. The van der Waals surface area contributed by atoms with Crippen LogP contribution in [0.2, 0.25) is 0 Å². The number of fused-ring (bicyclic) bond motifs is 1. The number of halogens is 2. The van der Waals surface area contributed by atoms with Crippen LogP contribution in [-0.4, -0.2) is 9.97 Å². The molecule has 4 nitrogen and oxygen atoms in total. The molecule has 0 fully saturated rings. The van der Waals surface area contributed by atoms with Crippen LogP contribution in [0.1, 0.15) is 30.5 Å². The second-order valence-corrected chi connectivity index (χ2v) is 6.23. The molecule has 0 spiro atoms. The average molecular weight is 387 g/mol. The minimum absolute atomic E-state index is 0.560. The number of anilines is 1. The second kappa shape index (κ2) is 5.25. The Morgan fingerprint density at radius 1 is 1.11 bits per heavy atom. The molecule has 19 heavy (non-hydrogen) atoms. The zero-order valence-electron chi connectivity index (χ0n) is 10.2. The second-order valence-electron chi connectivity index (χ2n) is 4.65. The summed E-state index contributed by atoms with van der Waals surface area (Å²) in [6.07, 6.45) is 5.50. The quantitative estimate of drug-likeness (QED) is 0.749. The highest BCUT2D eigenvalue weighted by atomic mass is 79.9. The summed E-state index contributed by atoms with van der Waals surface area (Å²) in [4.78, 5) is 9.02. The van der Waals surface area contributed by atoms with Gasteiger partial charge in [0.15, 0.2) is 16.3 Å². The lowest BCUT2D eigenvalue weighted by Crippen LogP contribution is -2.06. The van der Waals surface area contributed by atoms with Crippen molar-refractivity contribution in [2.45, 2.75) is 32.1 Å². The minimum atomic E-state index is 0.560. The predicted octanol–water partition coefficient (Wildman–Crippen LogP) is 4.11. The molecule has 1 aliphatic rings. The smallest absolute Gasteiger partial charge is 0.197 e. The molecule has 0 aliphatic heterocycles. The highest BCUT2D eigenvalue weighted by Crippen LogP contribution is 2.33. The molecule has 6 heteroatoms. The number of nitrogens with two attached hydrogens (primary N) is 1. The maximum Gasteiger partial charge on any atom is 0.197 e. The first kappa shape index (κ1) is 13.1. The van der Waals surface area contributed by atoms with Crippen molar-refractivity contribution < 1.29 is 4.42 Å². The van der Waals surface area contributed by atoms with Crippen molar-refractivity contribution in [1.29, 1.82) is 0 Å². The molecule has 2 aromatic heterocycles. The summed E-state index contributed by atoms with van der Waals surface area (Å²) in [5.41, 5.74) is 8.27. The van der Waals surface area contributed by atoms with Crippen LogP contribution in [0.5, 0.6) is 0 Å². The van der Waals surface area contributed by atoms with Crippen LogP contribution in [0.15, 0.2) is 19.6 Å². The fourth-order valence-electron chi connectivity index (χ4n) is 2.37. The molecule has 0 aromatic carbocycles.